The largest absolute Gasteiger partial charge is 0.449 e. The van der Waals surface area contributed by atoms with Gasteiger partial charge in [-0.1, -0.05) is 19.9 Å². The van der Waals surface area contributed by atoms with Crippen LogP contribution in [0.3, 0.4) is 0 Å². The van der Waals surface area contributed by atoms with Crippen LogP contribution in [0.25, 0.3) is 0 Å². The molecule has 1 aliphatic carbocycles. The number of benzene rings is 1. The molecule has 120 valence electrons. The Balaban J connectivity index is 1.95. The number of rotatable bonds is 5. The van der Waals surface area contributed by atoms with Gasteiger partial charge in [0.15, 0.2) is 6.10 Å². The van der Waals surface area contributed by atoms with E-state index in [4.69, 9.17) is 4.74 Å². The molecule has 0 aliphatic heterocycles. The Labute approximate surface area is 132 Å². The summed E-state index contributed by atoms with van der Waals surface area (Å²) in [7, 11) is 0. The maximum atomic E-state index is 12.2. The number of carbonyl (C=O) groups excluding carboxylic acids is 2. The topological polar surface area (TPSA) is 55.4 Å². The van der Waals surface area contributed by atoms with Crippen LogP contribution >= 0.6 is 0 Å². The predicted octanol–water partition coefficient (Wildman–Crippen LogP) is 2.88. The molecular formula is C18H25NO3. The summed E-state index contributed by atoms with van der Waals surface area (Å²) in [6, 6.07) is 5.72. The molecule has 0 radical (unpaired) electrons. The second-order valence-electron chi connectivity index (χ2n) is 6.38. The molecule has 1 aliphatic rings. The Morgan fingerprint density at radius 2 is 1.82 bits per heavy atom. The van der Waals surface area contributed by atoms with Crippen molar-refractivity contribution in [3.05, 3.63) is 34.9 Å². The summed E-state index contributed by atoms with van der Waals surface area (Å²) in [5, 5.41) is 2.77. The van der Waals surface area contributed by atoms with Gasteiger partial charge in [0.05, 0.1) is 5.56 Å². The van der Waals surface area contributed by atoms with E-state index in [0.717, 1.165) is 12.8 Å². The van der Waals surface area contributed by atoms with Crippen LogP contribution in [0.5, 0.6) is 0 Å². The van der Waals surface area contributed by atoms with Gasteiger partial charge in [-0.15, -0.1) is 0 Å². The molecule has 0 bridgehead atoms. The van der Waals surface area contributed by atoms with Crippen molar-refractivity contribution in [3.63, 3.8) is 0 Å². The second kappa shape index (κ2) is 7.43. The molecule has 0 heterocycles. The highest BCUT2D eigenvalue weighted by Gasteiger charge is 2.20. The van der Waals surface area contributed by atoms with E-state index in [0.29, 0.717) is 18.0 Å². The lowest BCUT2D eigenvalue weighted by Crippen LogP contribution is -2.37. The van der Waals surface area contributed by atoms with Gasteiger partial charge in [0.25, 0.3) is 5.91 Å². The van der Waals surface area contributed by atoms with E-state index in [2.05, 4.69) is 5.32 Å². The number of nitrogens with one attached hydrogen (secondary N) is 1. The van der Waals surface area contributed by atoms with Gasteiger partial charge in [0.1, 0.15) is 0 Å². The van der Waals surface area contributed by atoms with Crippen molar-refractivity contribution >= 4 is 11.9 Å². The van der Waals surface area contributed by atoms with Crippen molar-refractivity contribution in [2.75, 3.05) is 6.54 Å². The van der Waals surface area contributed by atoms with Crippen LogP contribution in [-0.2, 0) is 22.4 Å². The summed E-state index contributed by atoms with van der Waals surface area (Å²) in [4.78, 5) is 24.0. The van der Waals surface area contributed by atoms with Crippen molar-refractivity contribution in [1.82, 2.24) is 5.32 Å². The molecule has 2 rings (SSSR count). The summed E-state index contributed by atoms with van der Waals surface area (Å²) in [5.74, 6) is -0.312. The molecule has 0 unspecified atom stereocenters. The third-order valence-corrected chi connectivity index (χ3v) is 3.92. The minimum atomic E-state index is -0.776. The summed E-state index contributed by atoms with van der Waals surface area (Å²) >= 11 is 0. The summed E-state index contributed by atoms with van der Waals surface area (Å²) in [6.45, 7) is 6.22. The van der Waals surface area contributed by atoms with Crippen molar-refractivity contribution in [2.45, 2.75) is 52.6 Å². The monoisotopic (exact) mass is 303 g/mol. The van der Waals surface area contributed by atoms with E-state index in [9.17, 15) is 9.59 Å². The molecule has 1 N–H and O–H groups in total. The molecule has 4 nitrogen and oxygen atoms in total. The van der Waals surface area contributed by atoms with Crippen molar-refractivity contribution in [1.29, 1.82) is 0 Å². The lowest BCUT2D eigenvalue weighted by Gasteiger charge is -2.17. The van der Waals surface area contributed by atoms with E-state index in [-0.39, 0.29) is 5.91 Å². The van der Waals surface area contributed by atoms with Gasteiger partial charge in [-0.3, -0.25) is 4.79 Å². The van der Waals surface area contributed by atoms with Gasteiger partial charge in [-0.05, 0) is 61.8 Å². The first-order valence-electron chi connectivity index (χ1n) is 8.08. The molecule has 1 aromatic carbocycles. The van der Waals surface area contributed by atoms with Crippen LogP contribution < -0.4 is 5.32 Å². The molecule has 1 aromatic rings. The van der Waals surface area contributed by atoms with Gasteiger partial charge in [-0.2, -0.15) is 0 Å². The minimum absolute atomic E-state index is 0.250. The molecule has 1 amide bonds. The third kappa shape index (κ3) is 4.33. The fourth-order valence-corrected chi connectivity index (χ4v) is 2.59. The normalized spacial score (nSPS) is 15.1. The number of fused-ring (bicyclic) bond motifs is 1. The second-order valence-corrected chi connectivity index (χ2v) is 6.38. The molecule has 4 heteroatoms. The van der Waals surface area contributed by atoms with Gasteiger partial charge in [-0.25, -0.2) is 4.79 Å². The molecule has 0 saturated carbocycles. The lowest BCUT2D eigenvalue weighted by molar-refractivity contribution is -0.129. The fraction of sp³-hybridized carbons (Fsp3) is 0.556. The van der Waals surface area contributed by atoms with E-state index >= 15 is 0 Å². The first-order chi connectivity index (χ1) is 10.5. The number of ether oxygens (including phenoxy) is 1. The molecule has 0 fully saturated rings. The molecule has 0 aromatic heterocycles. The number of amides is 1. The van der Waals surface area contributed by atoms with Crippen molar-refractivity contribution < 1.29 is 14.3 Å². The summed E-state index contributed by atoms with van der Waals surface area (Å²) in [6.07, 6.45) is 3.70. The number of aryl methyl sites for hydroxylation is 2. The zero-order valence-corrected chi connectivity index (χ0v) is 13.6. The number of hydrogen-bond donors (Lipinski definition) is 1. The number of esters is 1. The Morgan fingerprint density at radius 1 is 1.14 bits per heavy atom. The zero-order valence-electron chi connectivity index (χ0n) is 13.6. The van der Waals surface area contributed by atoms with E-state index in [1.807, 2.05) is 26.0 Å². The van der Waals surface area contributed by atoms with Crippen LogP contribution in [-0.4, -0.2) is 24.5 Å². The number of hydrogen-bond acceptors (Lipinski definition) is 3. The van der Waals surface area contributed by atoms with Crippen molar-refractivity contribution in [3.8, 4) is 0 Å². The maximum absolute atomic E-state index is 12.2. The molecule has 0 saturated heterocycles. The predicted molar refractivity (Wildman–Crippen MR) is 85.8 cm³/mol. The Bertz CT molecular complexity index is 551. The SMILES string of the molecule is CC(C)CNC(=O)[C@H](C)OC(=O)c1ccc2c(c1)CCCC2. The molecule has 22 heavy (non-hydrogen) atoms. The quantitative estimate of drug-likeness (QED) is 0.851. The van der Waals surface area contributed by atoms with Gasteiger partial charge >= 0.3 is 5.97 Å². The summed E-state index contributed by atoms with van der Waals surface area (Å²) in [5.41, 5.74) is 3.09. The van der Waals surface area contributed by atoms with Crippen LogP contribution in [0.2, 0.25) is 0 Å². The average molecular weight is 303 g/mol. The Kier molecular flexibility index (Phi) is 5.58. The Hall–Kier alpha value is -1.84. The first-order valence-corrected chi connectivity index (χ1v) is 8.08. The maximum Gasteiger partial charge on any atom is 0.338 e. The van der Waals surface area contributed by atoms with Gasteiger partial charge < -0.3 is 10.1 Å². The van der Waals surface area contributed by atoms with E-state index < -0.39 is 12.1 Å². The Morgan fingerprint density at radius 3 is 2.50 bits per heavy atom. The minimum Gasteiger partial charge on any atom is -0.449 e. The highest BCUT2D eigenvalue weighted by atomic mass is 16.5. The highest BCUT2D eigenvalue weighted by Crippen LogP contribution is 2.22. The third-order valence-electron chi connectivity index (χ3n) is 3.92. The van der Waals surface area contributed by atoms with E-state index in [1.54, 1.807) is 13.0 Å². The number of carbonyl (C=O) groups is 2. The van der Waals surface area contributed by atoms with Crippen LogP contribution in [0, 0.1) is 5.92 Å². The first kappa shape index (κ1) is 16.5. The standard InChI is InChI=1S/C18H25NO3/c1-12(2)11-19-17(20)13(3)22-18(21)16-9-8-14-6-4-5-7-15(14)10-16/h8-10,12-13H,4-7,11H2,1-3H3,(H,19,20)/t13-/m0/s1. The lowest BCUT2D eigenvalue weighted by atomic mass is 9.90. The molecule has 0 spiro atoms. The molecule has 1 atom stereocenters. The van der Waals surface area contributed by atoms with Crippen LogP contribution in [0.4, 0.5) is 0 Å². The van der Waals surface area contributed by atoms with Gasteiger partial charge in [0.2, 0.25) is 0 Å². The van der Waals surface area contributed by atoms with Crippen molar-refractivity contribution in [2.24, 2.45) is 5.92 Å². The van der Waals surface area contributed by atoms with Gasteiger partial charge in [0, 0.05) is 6.54 Å². The summed E-state index contributed by atoms with van der Waals surface area (Å²) < 4.78 is 5.27. The van der Waals surface area contributed by atoms with Crippen LogP contribution in [0.1, 0.15) is 55.1 Å². The highest BCUT2D eigenvalue weighted by molar-refractivity contribution is 5.92. The smallest absolute Gasteiger partial charge is 0.338 e. The zero-order chi connectivity index (χ0) is 16.1. The van der Waals surface area contributed by atoms with Crippen LogP contribution in [0.15, 0.2) is 18.2 Å². The fourth-order valence-electron chi connectivity index (χ4n) is 2.59. The van der Waals surface area contributed by atoms with E-state index in [1.165, 1.54) is 24.0 Å². The average Bonchev–Trinajstić information content (AvgIpc) is 2.51. The molecular weight excluding hydrogens is 278 g/mol.